The summed E-state index contributed by atoms with van der Waals surface area (Å²) in [6.45, 7) is 5.05. The maximum atomic E-state index is 5.83. The van der Waals surface area contributed by atoms with Gasteiger partial charge in [0.05, 0.1) is 19.3 Å². The number of ether oxygens (including phenoxy) is 3. The van der Waals surface area contributed by atoms with Gasteiger partial charge in [-0.1, -0.05) is 37.0 Å². The Morgan fingerprint density at radius 3 is 2.24 bits per heavy atom. The Bertz CT molecular complexity index is 465. The molecule has 0 fully saturated rings. The molecule has 0 radical (unpaired) electrons. The Kier molecular flexibility index (Phi) is 7.72. The fraction of sp³-hybridized carbons (Fsp3) is 0.467. The lowest BCUT2D eigenvalue weighted by atomic mass is 10.1. The van der Waals surface area contributed by atoms with Crippen molar-refractivity contribution >= 4 is 23.2 Å². The molecule has 0 aliphatic carbocycles. The highest BCUT2D eigenvalue weighted by Gasteiger charge is 2.14. The van der Waals surface area contributed by atoms with Crippen molar-refractivity contribution in [2.45, 2.75) is 26.4 Å². The second-order valence-corrected chi connectivity index (χ2v) is 5.41. The van der Waals surface area contributed by atoms with Crippen LogP contribution >= 0.6 is 23.2 Å². The molecule has 0 bridgehead atoms. The van der Waals surface area contributed by atoms with Crippen molar-refractivity contribution in [2.75, 3.05) is 20.8 Å². The Morgan fingerprint density at radius 2 is 1.81 bits per heavy atom. The van der Waals surface area contributed by atoms with Crippen LogP contribution in [0.25, 0.3) is 0 Å². The van der Waals surface area contributed by atoms with Crippen LogP contribution in [0.5, 0.6) is 17.2 Å². The van der Waals surface area contributed by atoms with E-state index >= 15 is 0 Å². The quantitative estimate of drug-likeness (QED) is 0.783. The number of hydrogen-bond donors (Lipinski definition) is 1. The molecule has 0 aromatic heterocycles. The molecule has 1 aromatic rings. The third-order valence-corrected chi connectivity index (χ3v) is 3.30. The number of rotatable bonds is 8. The van der Waals surface area contributed by atoms with Gasteiger partial charge in [-0.2, -0.15) is 0 Å². The number of hydrogen-bond acceptors (Lipinski definition) is 4. The molecule has 118 valence electrons. The van der Waals surface area contributed by atoms with E-state index in [1.54, 1.807) is 14.2 Å². The van der Waals surface area contributed by atoms with Gasteiger partial charge in [0.15, 0.2) is 11.5 Å². The lowest BCUT2D eigenvalue weighted by Gasteiger charge is -2.16. The van der Waals surface area contributed by atoms with Crippen molar-refractivity contribution in [3.05, 3.63) is 28.3 Å². The van der Waals surface area contributed by atoms with E-state index in [2.05, 4.69) is 19.2 Å². The molecule has 0 aliphatic heterocycles. The van der Waals surface area contributed by atoms with Crippen LogP contribution in [0, 0.1) is 0 Å². The molecule has 0 unspecified atom stereocenters. The Balaban J connectivity index is 3.00. The normalized spacial score (nSPS) is 11.7. The van der Waals surface area contributed by atoms with Crippen LogP contribution in [0.3, 0.4) is 0 Å². The molecule has 21 heavy (non-hydrogen) atoms. The van der Waals surface area contributed by atoms with E-state index in [9.17, 15) is 0 Å². The summed E-state index contributed by atoms with van der Waals surface area (Å²) < 4.78 is 16.4. The van der Waals surface area contributed by atoms with Gasteiger partial charge in [0, 0.05) is 18.1 Å². The fourth-order valence-corrected chi connectivity index (χ4v) is 1.79. The minimum atomic E-state index is 0.154. The highest BCUT2D eigenvalue weighted by atomic mass is 35.5. The lowest BCUT2D eigenvalue weighted by molar-refractivity contribution is 0.298. The highest BCUT2D eigenvalue weighted by molar-refractivity contribution is 6.36. The summed E-state index contributed by atoms with van der Waals surface area (Å²) in [5.41, 5.74) is 2.31. The van der Waals surface area contributed by atoms with Gasteiger partial charge in [-0.15, -0.1) is 0 Å². The van der Waals surface area contributed by atoms with Crippen molar-refractivity contribution < 1.29 is 14.2 Å². The van der Waals surface area contributed by atoms with E-state index in [-0.39, 0.29) is 6.61 Å². The minimum absolute atomic E-state index is 0.154. The number of halogens is 2. The molecule has 0 spiro atoms. The van der Waals surface area contributed by atoms with Crippen LogP contribution in [0.4, 0.5) is 0 Å². The Labute approximate surface area is 136 Å². The van der Waals surface area contributed by atoms with Gasteiger partial charge in [0.2, 0.25) is 5.75 Å². The smallest absolute Gasteiger partial charge is 0.203 e. The number of nitrogens with one attached hydrogen (secondary N) is 1. The Morgan fingerprint density at radius 1 is 1.24 bits per heavy atom. The molecule has 1 aromatic carbocycles. The van der Waals surface area contributed by atoms with Gasteiger partial charge in [-0.05, 0) is 17.7 Å². The van der Waals surface area contributed by atoms with Crippen molar-refractivity contribution in [3.63, 3.8) is 0 Å². The molecule has 6 heteroatoms. The largest absolute Gasteiger partial charge is 0.493 e. The van der Waals surface area contributed by atoms with Crippen LogP contribution in [0.15, 0.2) is 22.7 Å². The van der Waals surface area contributed by atoms with E-state index in [0.717, 1.165) is 5.56 Å². The molecule has 4 nitrogen and oxygen atoms in total. The first kappa shape index (κ1) is 18.0. The third kappa shape index (κ3) is 5.65. The molecule has 0 atom stereocenters. The molecular weight excluding hydrogens is 313 g/mol. The van der Waals surface area contributed by atoms with E-state index in [4.69, 9.17) is 37.4 Å². The van der Waals surface area contributed by atoms with Crippen molar-refractivity contribution in [2.24, 2.45) is 0 Å². The van der Waals surface area contributed by atoms with Gasteiger partial charge < -0.3 is 19.5 Å². The average molecular weight is 334 g/mol. The standard InChI is InChI=1S/C15H21Cl2NO3/c1-10(2)18-8-11-5-13(19-3)15(14(6-11)20-4)21-9-12(17)7-16/h5-7,10,18H,8-9H2,1-4H3. The Hall–Kier alpha value is -1.10. The second kappa shape index (κ2) is 9.03. The first-order chi connectivity index (χ1) is 10.0. The van der Waals surface area contributed by atoms with Crippen LogP contribution < -0.4 is 19.5 Å². The van der Waals surface area contributed by atoms with Gasteiger partial charge in [-0.25, -0.2) is 0 Å². The monoisotopic (exact) mass is 333 g/mol. The highest BCUT2D eigenvalue weighted by Crippen LogP contribution is 2.39. The van der Waals surface area contributed by atoms with Gasteiger partial charge in [-0.3, -0.25) is 0 Å². The molecule has 0 heterocycles. The minimum Gasteiger partial charge on any atom is -0.493 e. The molecule has 0 amide bonds. The average Bonchev–Trinajstić information content (AvgIpc) is 2.49. The zero-order chi connectivity index (χ0) is 15.8. The summed E-state index contributed by atoms with van der Waals surface area (Å²) in [4.78, 5) is 0. The van der Waals surface area contributed by atoms with Gasteiger partial charge >= 0.3 is 0 Å². The first-order valence-corrected chi connectivity index (χ1v) is 7.39. The molecule has 0 aliphatic rings. The van der Waals surface area contributed by atoms with Crippen LogP contribution in [0.2, 0.25) is 0 Å². The molecule has 0 saturated carbocycles. The summed E-state index contributed by atoms with van der Waals surface area (Å²) in [5, 5.41) is 3.74. The predicted molar refractivity (Wildman–Crippen MR) is 86.8 cm³/mol. The molecule has 0 saturated heterocycles. The summed E-state index contributed by atoms with van der Waals surface area (Å²) in [6.07, 6.45) is 0. The first-order valence-electron chi connectivity index (χ1n) is 6.57. The summed E-state index contributed by atoms with van der Waals surface area (Å²) in [7, 11) is 3.17. The second-order valence-electron chi connectivity index (χ2n) is 4.71. The molecule has 1 N–H and O–H groups in total. The zero-order valence-corrected chi connectivity index (χ0v) is 14.2. The summed E-state index contributed by atoms with van der Waals surface area (Å²) >= 11 is 11.4. The molecular formula is C15H21Cl2NO3. The van der Waals surface area contributed by atoms with E-state index in [0.29, 0.717) is 34.9 Å². The topological polar surface area (TPSA) is 39.7 Å². The zero-order valence-electron chi connectivity index (χ0n) is 12.7. The van der Waals surface area contributed by atoms with Crippen molar-refractivity contribution in [1.82, 2.24) is 5.32 Å². The number of methoxy groups -OCH3 is 2. The van der Waals surface area contributed by atoms with Crippen molar-refractivity contribution in [1.29, 1.82) is 0 Å². The van der Waals surface area contributed by atoms with Gasteiger partial charge in [0.1, 0.15) is 6.61 Å². The summed E-state index contributed by atoms with van der Waals surface area (Å²) in [5.74, 6) is 1.69. The van der Waals surface area contributed by atoms with Crippen LogP contribution in [-0.2, 0) is 6.54 Å². The predicted octanol–water partition coefficient (Wildman–Crippen LogP) is 3.90. The van der Waals surface area contributed by atoms with Crippen LogP contribution in [-0.4, -0.2) is 26.9 Å². The lowest BCUT2D eigenvalue weighted by Crippen LogP contribution is -2.21. The third-order valence-electron chi connectivity index (χ3n) is 2.71. The van der Waals surface area contributed by atoms with Crippen molar-refractivity contribution in [3.8, 4) is 17.2 Å². The summed E-state index contributed by atoms with van der Waals surface area (Å²) in [6, 6.07) is 4.21. The maximum absolute atomic E-state index is 5.83. The maximum Gasteiger partial charge on any atom is 0.203 e. The van der Waals surface area contributed by atoms with E-state index in [1.807, 2.05) is 12.1 Å². The SMILES string of the molecule is COc1cc(CNC(C)C)cc(OC)c1OCC(Cl)=CCl. The van der Waals surface area contributed by atoms with Gasteiger partial charge in [0.25, 0.3) is 0 Å². The molecule has 1 rings (SSSR count). The number of benzene rings is 1. The fourth-order valence-electron chi connectivity index (χ4n) is 1.67. The van der Waals surface area contributed by atoms with Crippen LogP contribution in [0.1, 0.15) is 19.4 Å². The van der Waals surface area contributed by atoms with E-state index in [1.165, 1.54) is 5.54 Å². The van der Waals surface area contributed by atoms with E-state index < -0.39 is 0 Å².